The van der Waals surface area contributed by atoms with E-state index < -0.39 is 0 Å². The Morgan fingerprint density at radius 1 is 1.25 bits per heavy atom. The molecule has 0 spiro atoms. The van der Waals surface area contributed by atoms with Gasteiger partial charge in [0.25, 0.3) is 0 Å². The predicted octanol–water partition coefficient (Wildman–Crippen LogP) is 2.55. The summed E-state index contributed by atoms with van der Waals surface area (Å²) in [6.45, 7) is 12.5. The van der Waals surface area contributed by atoms with Crippen molar-refractivity contribution in [2.24, 2.45) is 16.8 Å². The average Bonchev–Trinajstić information content (AvgIpc) is 2.43. The van der Waals surface area contributed by atoms with Gasteiger partial charge in [-0.05, 0) is 50.7 Å². The van der Waals surface area contributed by atoms with Gasteiger partial charge in [-0.15, -0.1) is 24.0 Å². The van der Waals surface area contributed by atoms with Crippen LogP contribution in [0.3, 0.4) is 0 Å². The molecule has 20 heavy (non-hydrogen) atoms. The van der Waals surface area contributed by atoms with Gasteiger partial charge in [0, 0.05) is 20.1 Å². The monoisotopic (exact) mass is 396 g/mol. The van der Waals surface area contributed by atoms with Crippen LogP contribution >= 0.6 is 24.0 Å². The van der Waals surface area contributed by atoms with Crippen molar-refractivity contribution in [1.82, 2.24) is 15.5 Å². The molecule has 1 heterocycles. The fourth-order valence-corrected chi connectivity index (χ4v) is 2.51. The maximum Gasteiger partial charge on any atom is 0.190 e. The van der Waals surface area contributed by atoms with Gasteiger partial charge >= 0.3 is 0 Å². The van der Waals surface area contributed by atoms with E-state index in [1.54, 1.807) is 0 Å². The topological polar surface area (TPSA) is 39.7 Å². The van der Waals surface area contributed by atoms with Gasteiger partial charge in [0.1, 0.15) is 0 Å². The van der Waals surface area contributed by atoms with Crippen molar-refractivity contribution in [3.8, 4) is 0 Å². The summed E-state index contributed by atoms with van der Waals surface area (Å²) in [5.41, 5.74) is 0. The molecule has 0 radical (unpaired) electrons. The van der Waals surface area contributed by atoms with Crippen molar-refractivity contribution in [3.05, 3.63) is 0 Å². The Kier molecular flexibility index (Phi) is 11.6. The molecule has 2 N–H and O–H groups in total. The lowest BCUT2D eigenvalue weighted by Crippen LogP contribution is -2.40. The van der Waals surface area contributed by atoms with Crippen LogP contribution in [0.5, 0.6) is 0 Å². The summed E-state index contributed by atoms with van der Waals surface area (Å²) < 4.78 is 0. The van der Waals surface area contributed by atoms with Gasteiger partial charge in [-0.1, -0.05) is 20.8 Å². The summed E-state index contributed by atoms with van der Waals surface area (Å²) >= 11 is 0. The molecule has 0 aromatic rings. The van der Waals surface area contributed by atoms with Crippen molar-refractivity contribution in [3.63, 3.8) is 0 Å². The molecular formula is C15H33IN4. The minimum absolute atomic E-state index is 0. The molecular weight excluding hydrogens is 363 g/mol. The van der Waals surface area contributed by atoms with E-state index >= 15 is 0 Å². The highest BCUT2D eigenvalue weighted by Crippen LogP contribution is 2.19. The highest BCUT2D eigenvalue weighted by atomic mass is 127. The summed E-state index contributed by atoms with van der Waals surface area (Å²) in [5, 5.41) is 6.78. The third kappa shape index (κ3) is 8.29. The van der Waals surface area contributed by atoms with Crippen LogP contribution in [-0.2, 0) is 0 Å². The molecule has 0 saturated carbocycles. The van der Waals surface area contributed by atoms with E-state index in [1.165, 1.54) is 38.9 Å². The van der Waals surface area contributed by atoms with Gasteiger partial charge < -0.3 is 15.5 Å². The van der Waals surface area contributed by atoms with E-state index in [4.69, 9.17) is 0 Å². The van der Waals surface area contributed by atoms with E-state index in [9.17, 15) is 0 Å². The third-order valence-electron chi connectivity index (χ3n) is 3.90. The highest BCUT2D eigenvalue weighted by Gasteiger charge is 2.17. The Morgan fingerprint density at radius 3 is 2.40 bits per heavy atom. The Morgan fingerprint density at radius 2 is 1.90 bits per heavy atom. The number of halogens is 1. The lowest BCUT2D eigenvalue weighted by atomic mass is 9.93. The molecule has 0 amide bonds. The molecule has 0 aromatic heterocycles. The molecule has 5 heteroatoms. The molecule has 1 fully saturated rings. The minimum Gasteiger partial charge on any atom is -0.356 e. The molecule has 4 nitrogen and oxygen atoms in total. The number of rotatable bonds is 6. The molecule has 0 bridgehead atoms. The quantitative estimate of drug-likeness (QED) is 0.412. The van der Waals surface area contributed by atoms with Crippen LogP contribution < -0.4 is 10.6 Å². The largest absolute Gasteiger partial charge is 0.356 e. The van der Waals surface area contributed by atoms with Gasteiger partial charge in [0.05, 0.1) is 0 Å². The fraction of sp³-hybridized carbons (Fsp3) is 0.933. The molecule has 0 aromatic carbocycles. The van der Waals surface area contributed by atoms with Crippen LogP contribution in [0.15, 0.2) is 4.99 Å². The zero-order valence-corrected chi connectivity index (χ0v) is 15.9. The van der Waals surface area contributed by atoms with E-state index in [0.717, 1.165) is 25.0 Å². The molecule has 0 aliphatic carbocycles. The smallest absolute Gasteiger partial charge is 0.190 e. The normalized spacial score (nSPS) is 17.9. The number of hydrogen-bond donors (Lipinski definition) is 2. The van der Waals surface area contributed by atoms with E-state index in [-0.39, 0.29) is 24.0 Å². The van der Waals surface area contributed by atoms with Gasteiger partial charge in [-0.25, -0.2) is 0 Å². The first kappa shape index (κ1) is 20.0. The average molecular weight is 396 g/mol. The summed E-state index contributed by atoms with van der Waals surface area (Å²) in [4.78, 5) is 6.80. The maximum absolute atomic E-state index is 4.25. The zero-order valence-electron chi connectivity index (χ0n) is 13.6. The summed E-state index contributed by atoms with van der Waals surface area (Å²) in [5.74, 6) is 2.48. The first-order valence-corrected chi connectivity index (χ1v) is 7.82. The number of aliphatic imine (C=N–C) groups is 1. The van der Waals surface area contributed by atoms with E-state index in [1.807, 2.05) is 7.05 Å². The predicted molar refractivity (Wildman–Crippen MR) is 99.1 cm³/mol. The van der Waals surface area contributed by atoms with Crippen molar-refractivity contribution in [2.75, 3.05) is 39.8 Å². The number of piperidine rings is 1. The van der Waals surface area contributed by atoms with Gasteiger partial charge in [0.15, 0.2) is 5.96 Å². The summed E-state index contributed by atoms with van der Waals surface area (Å²) in [6.07, 6.45) is 3.97. The van der Waals surface area contributed by atoms with E-state index in [2.05, 4.69) is 41.3 Å². The number of guanidine groups is 1. The number of nitrogens with one attached hydrogen (secondary N) is 2. The van der Waals surface area contributed by atoms with Crippen molar-refractivity contribution in [1.29, 1.82) is 0 Å². The fourth-order valence-electron chi connectivity index (χ4n) is 2.51. The Bertz CT molecular complexity index is 261. The lowest BCUT2D eigenvalue weighted by molar-refractivity contribution is 0.187. The molecule has 1 saturated heterocycles. The van der Waals surface area contributed by atoms with Gasteiger partial charge in [0.2, 0.25) is 0 Å². The first-order chi connectivity index (χ1) is 9.15. The maximum atomic E-state index is 4.25. The number of likely N-dealkylation sites (tertiary alicyclic amines) is 1. The molecule has 0 atom stereocenters. The SMILES string of the molecule is CCN1CCC(CCNC(=NC)NCC(C)C)CC1.I. The molecule has 1 rings (SSSR count). The van der Waals surface area contributed by atoms with Crippen LogP contribution in [0.2, 0.25) is 0 Å². The second-order valence-corrected chi connectivity index (χ2v) is 5.94. The molecule has 1 aliphatic rings. The number of hydrogen-bond acceptors (Lipinski definition) is 2. The molecule has 120 valence electrons. The van der Waals surface area contributed by atoms with Gasteiger partial charge in [-0.2, -0.15) is 0 Å². The second-order valence-electron chi connectivity index (χ2n) is 5.94. The third-order valence-corrected chi connectivity index (χ3v) is 3.90. The van der Waals surface area contributed by atoms with Crippen LogP contribution in [0.4, 0.5) is 0 Å². The van der Waals surface area contributed by atoms with Gasteiger partial charge in [-0.3, -0.25) is 4.99 Å². The van der Waals surface area contributed by atoms with Crippen molar-refractivity contribution >= 4 is 29.9 Å². The summed E-state index contributed by atoms with van der Waals surface area (Å²) in [6, 6.07) is 0. The van der Waals surface area contributed by atoms with Crippen molar-refractivity contribution < 1.29 is 0 Å². The Balaban J connectivity index is 0.00000361. The first-order valence-electron chi connectivity index (χ1n) is 7.82. The highest BCUT2D eigenvalue weighted by molar-refractivity contribution is 14.0. The van der Waals surface area contributed by atoms with E-state index in [0.29, 0.717) is 5.92 Å². The Hall–Kier alpha value is -0.0400. The zero-order chi connectivity index (χ0) is 14.1. The number of nitrogens with zero attached hydrogens (tertiary/aromatic N) is 2. The lowest BCUT2D eigenvalue weighted by Gasteiger charge is -2.31. The van der Waals surface area contributed by atoms with Crippen molar-refractivity contribution in [2.45, 2.75) is 40.0 Å². The summed E-state index contributed by atoms with van der Waals surface area (Å²) in [7, 11) is 1.84. The van der Waals surface area contributed by atoms with Crippen LogP contribution in [0.1, 0.15) is 40.0 Å². The molecule has 0 unspecified atom stereocenters. The standard InChI is InChI=1S/C15H32N4.HI/c1-5-19-10-7-14(8-11-19)6-9-17-15(16-4)18-12-13(2)3;/h13-14H,5-12H2,1-4H3,(H2,16,17,18);1H. The van der Waals surface area contributed by atoms with Crippen LogP contribution in [0.25, 0.3) is 0 Å². The minimum atomic E-state index is 0. The van der Waals surface area contributed by atoms with Crippen LogP contribution in [0, 0.1) is 11.8 Å². The van der Waals surface area contributed by atoms with Crippen LogP contribution in [-0.4, -0.2) is 50.6 Å². The Labute approximate surface area is 142 Å². The second kappa shape index (κ2) is 11.6. The molecule has 1 aliphatic heterocycles.